The van der Waals surface area contributed by atoms with Crippen LogP contribution in [0.15, 0.2) is 12.1 Å². The average molecular weight is 219 g/mol. The number of rotatable bonds is 3. The van der Waals surface area contributed by atoms with Crippen LogP contribution in [0.2, 0.25) is 0 Å². The van der Waals surface area contributed by atoms with Gasteiger partial charge >= 0.3 is 0 Å². The summed E-state index contributed by atoms with van der Waals surface area (Å²) >= 11 is 0. The molecule has 84 valence electrons. The molecule has 0 aromatic heterocycles. The van der Waals surface area contributed by atoms with Crippen molar-refractivity contribution >= 4 is 0 Å². The Morgan fingerprint density at radius 1 is 1.38 bits per heavy atom. The van der Waals surface area contributed by atoms with E-state index in [0.717, 1.165) is 11.3 Å². The Labute approximate surface area is 94.3 Å². The minimum Gasteiger partial charge on any atom is -0.480 e. The first-order valence-corrected chi connectivity index (χ1v) is 5.00. The SMILES string of the molecule is CC#CCOc1cc2c(cc1CN)OCO2. The van der Waals surface area contributed by atoms with E-state index in [1.165, 1.54) is 0 Å². The van der Waals surface area contributed by atoms with E-state index in [1.54, 1.807) is 13.0 Å². The van der Waals surface area contributed by atoms with Crippen LogP contribution in [0.25, 0.3) is 0 Å². The Morgan fingerprint density at radius 2 is 2.12 bits per heavy atom. The lowest BCUT2D eigenvalue weighted by Crippen LogP contribution is -2.02. The van der Waals surface area contributed by atoms with Crippen LogP contribution >= 0.6 is 0 Å². The first kappa shape index (κ1) is 10.7. The van der Waals surface area contributed by atoms with Gasteiger partial charge in [-0.2, -0.15) is 0 Å². The fourth-order valence-corrected chi connectivity index (χ4v) is 1.45. The second kappa shape index (κ2) is 4.77. The Kier molecular flexibility index (Phi) is 3.18. The third-order valence-electron chi connectivity index (χ3n) is 2.25. The molecule has 4 nitrogen and oxygen atoms in total. The maximum Gasteiger partial charge on any atom is 0.231 e. The predicted octanol–water partition coefficient (Wildman–Crippen LogP) is 1.28. The molecule has 4 heteroatoms. The molecule has 1 aromatic carbocycles. The molecular weight excluding hydrogens is 206 g/mol. The predicted molar refractivity (Wildman–Crippen MR) is 59.4 cm³/mol. The summed E-state index contributed by atoms with van der Waals surface area (Å²) in [7, 11) is 0. The maximum absolute atomic E-state index is 5.64. The normalized spacial score (nSPS) is 11.9. The van der Waals surface area contributed by atoms with Gasteiger partial charge in [-0.1, -0.05) is 5.92 Å². The lowest BCUT2D eigenvalue weighted by Gasteiger charge is -2.09. The van der Waals surface area contributed by atoms with Crippen LogP contribution in [0, 0.1) is 11.8 Å². The maximum atomic E-state index is 5.64. The van der Waals surface area contributed by atoms with E-state index in [-0.39, 0.29) is 6.79 Å². The summed E-state index contributed by atoms with van der Waals surface area (Å²) in [6, 6.07) is 3.64. The van der Waals surface area contributed by atoms with Gasteiger partial charge in [0.1, 0.15) is 12.4 Å². The third-order valence-corrected chi connectivity index (χ3v) is 2.25. The second-order valence-electron chi connectivity index (χ2n) is 3.23. The molecule has 0 saturated carbocycles. The van der Waals surface area contributed by atoms with Crippen molar-refractivity contribution < 1.29 is 14.2 Å². The van der Waals surface area contributed by atoms with Gasteiger partial charge in [0.2, 0.25) is 6.79 Å². The molecule has 1 aliphatic rings. The highest BCUT2D eigenvalue weighted by atomic mass is 16.7. The molecule has 2 N–H and O–H groups in total. The number of ether oxygens (including phenoxy) is 3. The van der Waals surface area contributed by atoms with Crippen LogP contribution in [0.1, 0.15) is 12.5 Å². The number of hydrogen-bond acceptors (Lipinski definition) is 4. The van der Waals surface area contributed by atoms with E-state index >= 15 is 0 Å². The standard InChI is InChI=1S/C12H13NO3/c1-2-3-4-14-10-6-12-11(15-8-16-12)5-9(10)7-13/h5-6H,4,7-8,13H2,1H3. The molecule has 16 heavy (non-hydrogen) atoms. The first-order chi connectivity index (χ1) is 7.85. The topological polar surface area (TPSA) is 53.7 Å². The van der Waals surface area contributed by atoms with Gasteiger partial charge in [-0.3, -0.25) is 0 Å². The van der Waals surface area contributed by atoms with E-state index in [1.807, 2.05) is 6.07 Å². The van der Waals surface area contributed by atoms with Crippen LogP contribution in [0.5, 0.6) is 17.2 Å². The largest absolute Gasteiger partial charge is 0.480 e. The average Bonchev–Trinajstić information content (AvgIpc) is 2.75. The molecule has 0 atom stereocenters. The summed E-state index contributed by atoms with van der Waals surface area (Å²) in [6.07, 6.45) is 0. The number of fused-ring (bicyclic) bond motifs is 1. The van der Waals surface area contributed by atoms with Crippen molar-refractivity contribution in [3.8, 4) is 29.1 Å². The van der Waals surface area contributed by atoms with Crippen molar-refractivity contribution in [2.24, 2.45) is 5.73 Å². The van der Waals surface area contributed by atoms with Crippen molar-refractivity contribution in [3.05, 3.63) is 17.7 Å². The van der Waals surface area contributed by atoms with Gasteiger partial charge in [-0.15, -0.1) is 5.92 Å². The highest BCUT2D eigenvalue weighted by Crippen LogP contribution is 2.37. The van der Waals surface area contributed by atoms with Gasteiger partial charge < -0.3 is 19.9 Å². The monoisotopic (exact) mass is 219 g/mol. The van der Waals surface area contributed by atoms with Crippen LogP contribution in [0.4, 0.5) is 0 Å². The lowest BCUT2D eigenvalue weighted by atomic mass is 10.2. The number of hydrogen-bond donors (Lipinski definition) is 1. The van der Waals surface area contributed by atoms with Gasteiger partial charge in [0.25, 0.3) is 0 Å². The molecule has 0 spiro atoms. The summed E-state index contributed by atoms with van der Waals surface area (Å²) in [4.78, 5) is 0. The van der Waals surface area contributed by atoms with E-state index in [4.69, 9.17) is 19.9 Å². The number of benzene rings is 1. The molecule has 2 rings (SSSR count). The summed E-state index contributed by atoms with van der Waals surface area (Å²) in [5, 5.41) is 0. The summed E-state index contributed by atoms with van der Waals surface area (Å²) in [6.45, 7) is 2.76. The van der Waals surface area contributed by atoms with Gasteiger partial charge in [0.05, 0.1) is 0 Å². The Hall–Kier alpha value is -1.86. The zero-order chi connectivity index (χ0) is 11.4. The molecule has 1 aromatic rings. The first-order valence-electron chi connectivity index (χ1n) is 5.00. The van der Waals surface area contributed by atoms with Crippen LogP contribution in [0.3, 0.4) is 0 Å². The molecule has 0 saturated heterocycles. The molecule has 0 unspecified atom stereocenters. The fourth-order valence-electron chi connectivity index (χ4n) is 1.45. The minimum atomic E-state index is 0.248. The minimum absolute atomic E-state index is 0.248. The van der Waals surface area contributed by atoms with Gasteiger partial charge in [0, 0.05) is 18.2 Å². The zero-order valence-electron chi connectivity index (χ0n) is 9.08. The molecular formula is C12H13NO3. The summed E-state index contributed by atoms with van der Waals surface area (Å²) in [5.74, 6) is 7.71. The van der Waals surface area contributed by atoms with E-state index in [9.17, 15) is 0 Å². The smallest absolute Gasteiger partial charge is 0.231 e. The molecule has 0 aliphatic carbocycles. The van der Waals surface area contributed by atoms with Crippen molar-refractivity contribution in [1.82, 2.24) is 0 Å². The van der Waals surface area contributed by atoms with Crippen molar-refractivity contribution in [2.75, 3.05) is 13.4 Å². The fraction of sp³-hybridized carbons (Fsp3) is 0.333. The quantitative estimate of drug-likeness (QED) is 0.778. The van der Waals surface area contributed by atoms with Gasteiger partial charge in [-0.05, 0) is 13.0 Å². The zero-order valence-corrected chi connectivity index (χ0v) is 9.08. The molecule has 0 radical (unpaired) electrons. The van der Waals surface area contributed by atoms with E-state index in [2.05, 4.69) is 11.8 Å². The molecule has 0 fully saturated rings. The number of nitrogens with two attached hydrogens (primary N) is 1. The highest BCUT2D eigenvalue weighted by Gasteiger charge is 2.17. The van der Waals surface area contributed by atoms with Crippen molar-refractivity contribution in [1.29, 1.82) is 0 Å². The molecule has 1 heterocycles. The Morgan fingerprint density at radius 3 is 2.81 bits per heavy atom. The molecule has 0 amide bonds. The Bertz CT molecular complexity index is 446. The van der Waals surface area contributed by atoms with Crippen molar-refractivity contribution in [3.63, 3.8) is 0 Å². The van der Waals surface area contributed by atoms with Crippen LogP contribution in [-0.2, 0) is 6.54 Å². The van der Waals surface area contributed by atoms with Crippen molar-refractivity contribution in [2.45, 2.75) is 13.5 Å². The third kappa shape index (κ3) is 2.05. The highest BCUT2D eigenvalue weighted by molar-refractivity contribution is 5.51. The summed E-state index contributed by atoms with van der Waals surface area (Å²) < 4.78 is 16.0. The van der Waals surface area contributed by atoms with Gasteiger partial charge in [-0.25, -0.2) is 0 Å². The molecule has 1 aliphatic heterocycles. The van der Waals surface area contributed by atoms with E-state index < -0.39 is 0 Å². The second-order valence-corrected chi connectivity index (χ2v) is 3.23. The van der Waals surface area contributed by atoms with E-state index in [0.29, 0.717) is 24.7 Å². The summed E-state index contributed by atoms with van der Waals surface area (Å²) in [5.41, 5.74) is 6.53. The Balaban J connectivity index is 2.24. The van der Waals surface area contributed by atoms with Gasteiger partial charge in [0.15, 0.2) is 11.5 Å². The van der Waals surface area contributed by atoms with Crippen LogP contribution < -0.4 is 19.9 Å². The lowest BCUT2D eigenvalue weighted by molar-refractivity contribution is 0.174. The van der Waals surface area contributed by atoms with Crippen LogP contribution in [-0.4, -0.2) is 13.4 Å². The molecule has 0 bridgehead atoms.